The van der Waals surface area contributed by atoms with Crippen LogP contribution in [0.1, 0.15) is 16.7 Å². The van der Waals surface area contributed by atoms with Crippen LogP contribution in [0.25, 0.3) is 0 Å². The first-order valence-corrected chi connectivity index (χ1v) is 4.53. The van der Waals surface area contributed by atoms with E-state index in [9.17, 15) is 4.79 Å². The Hall–Kier alpha value is -1.35. The SMILES string of the molecule is Cc1cc(C)c(OC(=O)CN)cc1C. The van der Waals surface area contributed by atoms with Crippen LogP contribution >= 0.6 is 0 Å². The molecule has 0 spiro atoms. The fraction of sp³-hybridized carbons (Fsp3) is 0.364. The number of ether oxygens (including phenoxy) is 1. The van der Waals surface area contributed by atoms with Gasteiger partial charge in [0.15, 0.2) is 0 Å². The minimum atomic E-state index is -0.406. The fourth-order valence-corrected chi connectivity index (χ4v) is 1.21. The highest BCUT2D eigenvalue weighted by atomic mass is 16.5. The molecule has 0 amide bonds. The third-order valence-electron chi connectivity index (χ3n) is 2.18. The van der Waals surface area contributed by atoms with Crippen LogP contribution in [0.3, 0.4) is 0 Å². The number of hydrogen-bond acceptors (Lipinski definition) is 3. The highest BCUT2D eigenvalue weighted by Gasteiger charge is 2.06. The van der Waals surface area contributed by atoms with Gasteiger partial charge in [-0.05, 0) is 43.5 Å². The molecule has 0 bridgehead atoms. The number of carbonyl (C=O) groups is 1. The van der Waals surface area contributed by atoms with Gasteiger partial charge in [-0.2, -0.15) is 0 Å². The van der Waals surface area contributed by atoms with Crippen molar-refractivity contribution >= 4 is 5.97 Å². The lowest BCUT2D eigenvalue weighted by Gasteiger charge is -2.09. The molecule has 1 aromatic rings. The summed E-state index contributed by atoms with van der Waals surface area (Å²) in [4.78, 5) is 11.0. The minimum Gasteiger partial charge on any atom is -0.425 e. The zero-order valence-corrected chi connectivity index (χ0v) is 8.76. The molecular weight excluding hydrogens is 178 g/mol. The first-order valence-electron chi connectivity index (χ1n) is 4.53. The lowest BCUT2D eigenvalue weighted by atomic mass is 10.1. The summed E-state index contributed by atoms with van der Waals surface area (Å²) in [5.74, 6) is 0.194. The molecule has 0 radical (unpaired) electrons. The molecule has 2 N–H and O–H groups in total. The van der Waals surface area contributed by atoms with E-state index < -0.39 is 5.97 Å². The van der Waals surface area contributed by atoms with Gasteiger partial charge in [0.05, 0.1) is 6.54 Å². The van der Waals surface area contributed by atoms with Crippen molar-refractivity contribution in [3.63, 3.8) is 0 Å². The molecule has 0 heterocycles. The molecule has 0 saturated carbocycles. The zero-order chi connectivity index (χ0) is 10.7. The molecule has 0 aliphatic rings. The highest BCUT2D eigenvalue weighted by Crippen LogP contribution is 2.22. The van der Waals surface area contributed by atoms with Crippen molar-refractivity contribution in [1.82, 2.24) is 0 Å². The molecule has 14 heavy (non-hydrogen) atoms. The smallest absolute Gasteiger partial charge is 0.325 e. The topological polar surface area (TPSA) is 52.3 Å². The fourth-order valence-electron chi connectivity index (χ4n) is 1.21. The second-order valence-corrected chi connectivity index (χ2v) is 3.38. The van der Waals surface area contributed by atoms with Gasteiger partial charge in [-0.15, -0.1) is 0 Å². The van der Waals surface area contributed by atoms with Gasteiger partial charge in [0.2, 0.25) is 0 Å². The van der Waals surface area contributed by atoms with Gasteiger partial charge in [-0.1, -0.05) is 6.07 Å². The van der Waals surface area contributed by atoms with Crippen LogP contribution in [0, 0.1) is 20.8 Å². The van der Waals surface area contributed by atoms with Crippen molar-refractivity contribution in [2.24, 2.45) is 5.73 Å². The monoisotopic (exact) mass is 193 g/mol. The van der Waals surface area contributed by atoms with Crippen molar-refractivity contribution in [3.8, 4) is 5.75 Å². The molecule has 3 heteroatoms. The molecule has 0 aliphatic heterocycles. The Labute approximate surface area is 83.9 Å². The predicted molar refractivity (Wildman–Crippen MR) is 55.3 cm³/mol. The lowest BCUT2D eigenvalue weighted by Crippen LogP contribution is -2.19. The summed E-state index contributed by atoms with van der Waals surface area (Å²) in [6, 6.07) is 3.85. The van der Waals surface area contributed by atoms with Gasteiger partial charge in [0.1, 0.15) is 5.75 Å². The Morgan fingerprint density at radius 2 is 1.79 bits per heavy atom. The number of esters is 1. The number of aryl methyl sites for hydroxylation is 3. The standard InChI is InChI=1S/C11H15NO2/c1-7-4-9(3)10(5-8(7)2)14-11(13)6-12/h4-5H,6,12H2,1-3H3. The first-order chi connectivity index (χ1) is 6.54. The second-order valence-electron chi connectivity index (χ2n) is 3.38. The molecule has 0 aromatic heterocycles. The molecule has 76 valence electrons. The van der Waals surface area contributed by atoms with E-state index in [1.807, 2.05) is 32.9 Å². The largest absolute Gasteiger partial charge is 0.425 e. The van der Waals surface area contributed by atoms with E-state index in [2.05, 4.69) is 0 Å². The summed E-state index contributed by atoms with van der Waals surface area (Å²) in [6.07, 6.45) is 0. The maximum atomic E-state index is 11.0. The molecule has 0 unspecified atom stereocenters. The third-order valence-corrected chi connectivity index (χ3v) is 2.18. The molecule has 0 atom stereocenters. The van der Waals surface area contributed by atoms with E-state index in [0.29, 0.717) is 5.75 Å². The van der Waals surface area contributed by atoms with Crippen molar-refractivity contribution in [1.29, 1.82) is 0 Å². The summed E-state index contributed by atoms with van der Waals surface area (Å²) < 4.78 is 5.07. The van der Waals surface area contributed by atoms with Crippen LogP contribution < -0.4 is 10.5 Å². The highest BCUT2D eigenvalue weighted by molar-refractivity contribution is 5.74. The van der Waals surface area contributed by atoms with Crippen molar-refractivity contribution in [2.75, 3.05) is 6.54 Å². The van der Waals surface area contributed by atoms with Crippen LogP contribution in [0.15, 0.2) is 12.1 Å². The Bertz CT molecular complexity index is 359. The number of carbonyl (C=O) groups excluding carboxylic acids is 1. The number of rotatable bonds is 2. The Morgan fingerprint density at radius 3 is 2.36 bits per heavy atom. The van der Waals surface area contributed by atoms with Gasteiger partial charge < -0.3 is 10.5 Å². The quantitative estimate of drug-likeness (QED) is 0.571. The summed E-state index contributed by atoms with van der Waals surface area (Å²) >= 11 is 0. The number of benzene rings is 1. The maximum Gasteiger partial charge on any atom is 0.325 e. The summed E-state index contributed by atoms with van der Waals surface area (Å²) in [7, 11) is 0. The van der Waals surface area contributed by atoms with Crippen LogP contribution in [-0.2, 0) is 4.79 Å². The van der Waals surface area contributed by atoms with Gasteiger partial charge in [-0.3, -0.25) is 4.79 Å². The summed E-state index contributed by atoms with van der Waals surface area (Å²) in [6.45, 7) is 5.82. The molecule has 0 saturated heterocycles. The van der Waals surface area contributed by atoms with Crippen molar-refractivity contribution < 1.29 is 9.53 Å². The van der Waals surface area contributed by atoms with E-state index in [-0.39, 0.29) is 6.54 Å². The molecule has 1 aromatic carbocycles. The van der Waals surface area contributed by atoms with Gasteiger partial charge >= 0.3 is 5.97 Å². The van der Waals surface area contributed by atoms with Crippen molar-refractivity contribution in [3.05, 3.63) is 28.8 Å². The van der Waals surface area contributed by atoms with Gasteiger partial charge in [0, 0.05) is 0 Å². The molecule has 3 nitrogen and oxygen atoms in total. The molecule has 0 aliphatic carbocycles. The lowest BCUT2D eigenvalue weighted by molar-refractivity contribution is -0.132. The Balaban J connectivity index is 2.98. The maximum absolute atomic E-state index is 11.0. The Morgan fingerprint density at radius 1 is 1.21 bits per heavy atom. The van der Waals surface area contributed by atoms with E-state index in [0.717, 1.165) is 11.1 Å². The number of nitrogens with two attached hydrogens (primary N) is 1. The molecule has 0 fully saturated rings. The van der Waals surface area contributed by atoms with E-state index in [1.165, 1.54) is 5.56 Å². The average Bonchev–Trinajstić information content (AvgIpc) is 2.14. The van der Waals surface area contributed by atoms with E-state index in [4.69, 9.17) is 10.5 Å². The van der Waals surface area contributed by atoms with Gasteiger partial charge in [0.25, 0.3) is 0 Å². The van der Waals surface area contributed by atoms with Crippen LogP contribution in [0.4, 0.5) is 0 Å². The van der Waals surface area contributed by atoms with E-state index in [1.54, 1.807) is 0 Å². The van der Waals surface area contributed by atoms with Crippen LogP contribution in [0.2, 0.25) is 0 Å². The molecular formula is C11H15NO2. The minimum absolute atomic E-state index is 0.0909. The normalized spacial score (nSPS) is 10.0. The summed E-state index contributed by atoms with van der Waals surface area (Å²) in [5, 5.41) is 0. The zero-order valence-electron chi connectivity index (χ0n) is 8.76. The molecule has 1 rings (SSSR count). The van der Waals surface area contributed by atoms with Crippen LogP contribution in [-0.4, -0.2) is 12.5 Å². The third kappa shape index (κ3) is 2.33. The van der Waals surface area contributed by atoms with Crippen molar-refractivity contribution in [2.45, 2.75) is 20.8 Å². The van der Waals surface area contributed by atoms with Gasteiger partial charge in [-0.25, -0.2) is 0 Å². The summed E-state index contributed by atoms with van der Waals surface area (Å²) in [5.41, 5.74) is 8.41. The van der Waals surface area contributed by atoms with E-state index >= 15 is 0 Å². The first kappa shape index (κ1) is 10.7. The Kier molecular flexibility index (Phi) is 3.25. The number of hydrogen-bond donors (Lipinski definition) is 1. The predicted octanol–water partition coefficient (Wildman–Crippen LogP) is 1.48. The second kappa shape index (κ2) is 4.24. The average molecular weight is 193 g/mol. The van der Waals surface area contributed by atoms with Crippen LogP contribution in [0.5, 0.6) is 5.75 Å².